The summed E-state index contributed by atoms with van der Waals surface area (Å²) in [6, 6.07) is 0.864. The second-order valence-corrected chi connectivity index (χ2v) is 7.62. The minimum absolute atomic E-state index is 0.0183. The first-order valence-corrected chi connectivity index (χ1v) is 9.51. The number of carbonyl (C=O) groups is 1. The van der Waals surface area contributed by atoms with Gasteiger partial charge in [0.1, 0.15) is 11.5 Å². The van der Waals surface area contributed by atoms with Gasteiger partial charge >= 0.3 is 6.16 Å². The van der Waals surface area contributed by atoms with Crippen LogP contribution in [0.25, 0.3) is 10.9 Å². The summed E-state index contributed by atoms with van der Waals surface area (Å²) in [4.78, 5) is 25.1. The molecule has 29 heavy (non-hydrogen) atoms. The first-order chi connectivity index (χ1) is 13.9. The Kier molecular flexibility index (Phi) is 4.21. The molecule has 0 amide bonds. The summed E-state index contributed by atoms with van der Waals surface area (Å²) in [7, 11) is 0. The molecule has 1 saturated carbocycles. The van der Waals surface area contributed by atoms with Crippen LogP contribution in [0, 0.1) is 11.6 Å². The zero-order valence-corrected chi connectivity index (χ0v) is 15.4. The van der Waals surface area contributed by atoms with Crippen molar-refractivity contribution in [1.29, 1.82) is 0 Å². The zero-order valence-electron chi connectivity index (χ0n) is 15.4. The number of pyridine rings is 1. The third kappa shape index (κ3) is 3.03. The molecule has 2 unspecified atom stereocenters. The predicted molar refractivity (Wildman–Crippen MR) is 98.8 cm³/mol. The number of benzene rings is 1. The van der Waals surface area contributed by atoms with Gasteiger partial charge in [-0.15, -0.1) is 0 Å². The lowest BCUT2D eigenvalue weighted by Gasteiger charge is -2.25. The van der Waals surface area contributed by atoms with E-state index in [0.29, 0.717) is 26.2 Å². The van der Waals surface area contributed by atoms with E-state index in [1.54, 1.807) is 4.90 Å². The predicted octanol–water partition coefficient (Wildman–Crippen LogP) is 1.85. The van der Waals surface area contributed by atoms with Crippen LogP contribution in [-0.4, -0.2) is 54.2 Å². The van der Waals surface area contributed by atoms with Crippen molar-refractivity contribution in [3.8, 4) is 5.75 Å². The molecule has 3 fully saturated rings. The average molecular weight is 407 g/mol. The summed E-state index contributed by atoms with van der Waals surface area (Å²) in [6.07, 6.45) is 0.893. The highest BCUT2D eigenvalue weighted by Gasteiger charge is 2.38. The normalized spacial score (nSPS) is 24.0. The van der Waals surface area contributed by atoms with Crippen molar-refractivity contribution >= 4 is 22.7 Å². The maximum atomic E-state index is 15.6. The minimum Gasteiger partial charge on any atom is -0.449 e. The molecular formula is C19H19F2N3O5. The maximum absolute atomic E-state index is 15.6. The summed E-state index contributed by atoms with van der Waals surface area (Å²) in [6.45, 7) is 1.96. The molecule has 0 bridgehead atoms. The fourth-order valence-corrected chi connectivity index (χ4v) is 4.28. The number of hydrogen-bond acceptors (Lipinski definition) is 6. The molecule has 1 aromatic carbocycles. The first kappa shape index (κ1) is 18.3. The number of morpholine rings is 1. The third-order valence-electron chi connectivity index (χ3n) is 5.71. The van der Waals surface area contributed by atoms with Crippen LogP contribution in [0.2, 0.25) is 0 Å². The lowest BCUT2D eigenvalue weighted by Crippen LogP contribution is -2.47. The number of anilines is 1. The Morgan fingerprint density at radius 3 is 2.79 bits per heavy atom. The summed E-state index contributed by atoms with van der Waals surface area (Å²) in [5.74, 6) is -2.17. The quantitative estimate of drug-likeness (QED) is 0.750. The second kappa shape index (κ2) is 6.67. The van der Waals surface area contributed by atoms with Crippen molar-refractivity contribution in [2.75, 3.05) is 31.1 Å². The van der Waals surface area contributed by atoms with Crippen molar-refractivity contribution in [1.82, 2.24) is 9.88 Å². The SMILES string of the molecule is O=C(O)Oc1cn(C2CC2)c2c(F)c(N3CC4NCCOC4C3)c(F)cc2c1=O. The number of hydrogen-bond donors (Lipinski definition) is 2. The summed E-state index contributed by atoms with van der Waals surface area (Å²) < 4.78 is 42.3. The monoisotopic (exact) mass is 407 g/mol. The maximum Gasteiger partial charge on any atom is 0.511 e. The number of nitrogens with one attached hydrogen (secondary N) is 1. The Balaban J connectivity index is 1.67. The zero-order chi connectivity index (χ0) is 20.3. The van der Waals surface area contributed by atoms with E-state index in [4.69, 9.17) is 9.84 Å². The van der Waals surface area contributed by atoms with Crippen molar-refractivity contribution in [2.24, 2.45) is 0 Å². The van der Waals surface area contributed by atoms with Gasteiger partial charge in [-0.2, -0.15) is 0 Å². The molecule has 10 heteroatoms. The van der Waals surface area contributed by atoms with Gasteiger partial charge in [0.05, 0.1) is 35.9 Å². The van der Waals surface area contributed by atoms with Crippen LogP contribution in [0.4, 0.5) is 19.3 Å². The van der Waals surface area contributed by atoms with Gasteiger partial charge in [0, 0.05) is 25.7 Å². The molecule has 1 aliphatic carbocycles. The van der Waals surface area contributed by atoms with Crippen molar-refractivity contribution < 1.29 is 28.2 Å². The molecular weight excluding hydrogens is 388 g/mol. The van der Waals surface area contributed by atoms with Crippen LogP contribution < -0.4 is 20.4 Å². The Bertz CT molecular complexity index is 1050. The van der Waals surface area contributed by atoms with Gasteiger partial charge in [-0.05, 0) is 18.9 Å². The number of rotatable bonds is 3. The molecule has 3 aliphatic rings. The van der Waals surface area contributed by atoms with Crippen LogP contribution in [0.3, 0.4) is 0 Å². The van der Waals surface area contributed by atoms with E-state index in [-0.39, 0.29) is 34.8 Å². The Morgan fingerprint density at radius 2 is 2.10 bits per heavy atom. The van der Waals surface area contributed by atoms with Gasteiger partial charge in [0.25, 0.3) is 0 Å². The molecule has 3 heterocycles. The summed E-state index contributed by atoms with van der Waals surface area (Å²) in [5.41, 5.74) is -1.09. The minimum atomic E-state index is -1.66. The van der Waals surface area contributed by atoms with Crippen LogP contribution in [-0.2, 0) is 4.74 Å². The Morgan fingerprint density at radius 1 is 1.31 bits per heavy atom. The number of fused-ring (bicyclic) bond motifs is 2. The molecule has 2 saturated heterocycles. The van der Waals surface area contributed by atoms with E-state index in [0.717, 1.165) is 18.9 Å². The lowest BCUT2D eigenvalue weighted by atomic mass is 10.1. The summed E-state index contributed by atoms with van der Waals surface area (Å²) in [5, 5.41) is 11.9. The topological polar surface area (TPSA) is 93.0 Å². The molecule has 0 spiro atoms. The molecule has 8 nitrogen and oxygen atoms in total. The second-order valence-electron chi connectivity index (χ2n) is 7.62. The van der Waals surface area contributed by atoms with Gasteiger partial charge in [-0.25, -0.2) is 13.6 Å². The fraction of sp³-hybridized carbons (Fsp3) is 0.474. The van der Waals surface area contributed by atoms with E-state index in [1.165, 1.54) is 10.8 Å². The van der Waals surface area contributed by atoms with Gasteiger partial charge < -0.3 is 29.4 Å². The molecule has 0 radical (unpaired) electrons. The smallest absolute Gasteiger partial charge is 0.449 e. The Hall–Kier alpha value is -2.72. The van der Waals surface area contributed by atoms with Crippen LogP contribution in [0.1, 0.15) is 18.9 Å². The van der Waals surface area contributed by atoms with Crippen LogP contribution >= 0.6 is 0 Å². The number of aromatic nitrogens is 1. The molecule has 2 atom stereocenters. The number of halogens is 2. The first-order valence-electron chi connectivity index (χ1n) is 9.51. The highest BCUT2D eigenvalue weighted by atomic mass is 19.1. The van der Waals surface area contributed by atoms with E-state index in [1.807, 2.05) is 0 Å². The van der Waals surface area contributed by atoms with Crippen molar-refractivity contribution in [2.45, 2.75) is 31.0 Å². The number of nitrogens with zero attached hydrogens (tertiary/aromatic N) is 2. The van der Waals surface area contributed by atoms with Crippen molar-refractivity contribution in [3.63, 3.8) is 0 Å². The fourth-order valence-electron chi connectivity index (χ4n) is 4.28. The molecule has 2 aliphatic heterocycles. The number of ether oxygens (including phenoxy) is 2. The van der Waals surface area contributed by atoms with E-state index in [2.05, 4.69) is 10.1 Å². The van der Waals surface area contributed by atoms with Gasteiger partial charge in [0.2, 0.25) is 5.43 Å². The molecule has 2 N–H and O–H groups in total. The van der Waals surface area contributed by atoms with E-state index < -0.39 is 29.0 Å². The summed E-state index contributed by atoms with van der Waals surface area (Å²) >= 11 is 0. The third-order valence-corrected chi connectivity index (χ3v) is 5.71. The molecule has 2 aromatic rings. The standard InChI is InChI=1S/C19H19F2N3O5/c20-11-5-10-16(24(9-1-2-9)8-14(18(10)25)29-19(26)27)15(21)17(11)23-6-12-13(7-23)28-4-3-22-12/h5,8-9,12-13,22H,1-4,6-7H2,(H,26,27). The number of carboxylic acid groups (broad SMARTS) is 1. The van der Waals surface area contributed by atoms with Gasteiger partial charge in [0.15, 0.2) is 11.6 Å². The highest BCUT2D eigenvalue weighted by molar-refractivity contribution is 5.86. The molecule has 154 valence electrons. The van der Waals surface area contributed by atoms with E-state index >= 15 is 4.39 Å². The van der Waals surface area contributed by atoms with E-state index in [9.17, 15) is 14.0 Å². The molecule has 5 rings (SSSR count). The van der Waals surface area contributed by atoms with Gasteiger partial charge in [-0.3, -0.25) is 4.79 Å². The van der Waals surface area contributed by atoms with Crippen LogP contribution in [0.15, 0.2) is 17.1 Å². The van der Waals surface area contributed by atoms with Crippen LogP contribution in [0.5, 0.6) is 5.75 Å². The van der Waals surface area contributed by atoms with Crippen molar-refractivity contribution in [3.05, 3.63) is 34.1 Å². The highest BCUT2D eigenvalue weighted by Crippen LogP contribution is 2.40. The Labute approximate surface area is 163 Å². The molecule has 1 aromatic heterocycles. The average Bonchev–Trinajstić information content (AvgIpc) is 3.43. The van der Waals surface area contributed by atoms with Gasteiger partial charge in [-0.1, -0.05) is 0 Å². The lowest BCUT2D eigenvalue weighted by molar-refractivity contribution is 0.0212. The largest absolute Gasteiger partial charge is 0.511 e.